The Bertz CT molecular complexity index is 764. The summed E-state index contributed by atoms with van der Waals surface area (Å²) >= 11 is 0. The molecule has 1 aromatic carbocycles. The van der Waals surface area contributed by atoms with Gasteiger partial charge in [0.05, 0.1) is 11.0 Å². The number of hydrogen-bond donors (Lipinski definition) is 1. The predicted octanol–water partition coefficient (Wildman–Crippen LogP) is 5.46. The molecule has 28 heavy (non-hydrogen) atoms. The fourth-order valence-electron chi connectivity index (χ4n) is 3.71. The molecule has 1 saturated carbocycles. The monoisotopic (exact) mass is 403 g/mol. The van der Waals surface area contributed by atoms with E-state index >= 15 is 0 Å². The van der Waals surface area contributed by atoms with Gasteiger partial charge in [0, 0.05) is 18.1 Å². The maximum absolute atomic E-state index is 12.6. The minimum atomic E-state index is -3.67. The van der Waals surface area contributed by atoms with Crippen LogP contribution >= 0.6 is 0 Å². The van der Waals surface area contributed by atoms with Gasteiger partial charge in [-0.2, -0.15) is 18.8 Å². The van der Waals surface area contributed by atoms with Crippen molar-refractivity contribution in [2.45, 2.75) is 88.9 Å². The number of benzene rings is 1. The van der Waals surface area contributed by atoms with E-state index in [4.69, 9.17) is 5.26 Å². The molecule has 1 atom stereocenters. The van der Waals surface area contributed by atoms with Crippen molar-refractivity contribution < 1.29 is 8.42 Å². The normalized spacial score (nSPS) is 21.3. The first-order valence-corrected chi connectivity index (χ1v) is 12.0. The molecule has 0 aromatic heterocycles. The molecule has 1 aliphatic carbocycles. The second-order valence-corrected chi connectivity index (χ2v) is 9.43. The third-order valence-electron chi connectivity index (χ3n) is 5.45. The van der Waals surface area contributed by atoms with Crippen LogP contribution in [0.5, 0.6) is 0 Å². The zero-order valence-corrected chi connectivity index (χ0v) is 17.8. The minimum absolute atomic E-state index is 0.180. The Morgan fingerprint density at radius 1 is 1.04 bits per heavy atom. The van der Waals surface area contributed by atoms with Crippen LogP contribution in [0.2, 0.25) is 0 Å². The lowest BCUT2D eigenvalue weighted by molar-refractivity contribution is 0.493. The van der Waals surface area contributed by atoms with E-state index in [9.17, 15) is 8.42 Å². The number of rotatable bonds is 5. The molecule has 1 aliphatic rings. The van der Waals surface area contributed by atoms with Crippen LogP contribution in [0.25, 0.3) is 0 Å². The van der Waals surface area contributed by atoms with Gasteiger partial charge in [-0.05, 0) is 44.7 Å². The summed E-state index contributed by atoms with van der Waals surface area (Å²) in [5.74, 6) is 0.180. The number of nitrogens with one attached hydrogen (secondary N) is 1. The molecule has 154 valence electrons. The Morgan fingerprint density at radius 3 is 2.29 bits per heavy atom. The van der Waals surface area contributed by atoms with Crippen molar-refractivity contribution in [1.82, 2.24) is 4.83 Å². The van der Waals surface area contributed by atoms with Crippen molar-refractivity contribution in [3.8, 4) is 6.07 Å². The number of hydrazone groups is 1. The van der Waals surface area contributed by atoms with Crippen molar-refractivity contribution in [1.29, 1.82) is 5.26 Å². The fraction of sp³-hybridized carbons (Fsp3) is 0.636. The molecule has 1 N–H and O–H groups in total. The highest BCUT2D eigenvalue weighted by atomic mass is 32.2. The van der Waals surface area contributed by atoms with Gasteiger partial charge in [-0.15, -0.1) is 0 Å². The fourth-order valence-corrected chi connectivity index (χ4v) is 4.55. The highest BCUT2D eigenvalue weighted by molar-refractivity contribution is 7.89. The summed E-state index contributed by atoms with van der Waals surface area (Å²) in [7, 11) is -3.67. The van der Waals surface area contributed by atoms with Crippen molar-refractivity contribution in [3.05, 3.63) is 29.8 Å². The molecule has 5 nitrogen and oxygen atoms in total. The van der Waals surface area contributed by atoms with Gasteiger partial charge in [-0.25, -0.2) is 4.83 Å². The van der Waals surface area contributed by atoms with E-state index in [2.05, 4.69) is 16.0 Å². The molecule has 0 radical (unpaired) electrons. The predicted molar refractivity (Wildman–Crippen MR) is 113 cm³/mol. The van der Waals surface area contributed by atoms with E-state index in [1.807, 2.05) is 6.92 Å². The molecule has 0 unspecified atom stereocenters. The number of nitrogens with zero attached hydrogens (tertiary/aromatic N) is 2. The second-order valence-electron chi connectivity index (χ2n) is 7.77. The standard InChI is InChI=1S/C22H33N3O2S/c1-19-14-16-21(17-15-19)28(26,27)25-24-22-13-9-7-5-3-2-4-6-8-11-20(22)12-10-18-23/h14-17,20,25H,2-13H2,1H3/b24-22+/t20-/m1/s1. The molecule has 6 heteroatoms. The molecule has 0 amide bonds. The Hall–Kier alpha value is -1.87. The van der Waals surface area contributed by atoms with E-state index in [0.717, 1.165) is 49.8 Å². The van der Waals surface area contributed by atoms with Crippen molar-refractivity contribution in [2.24, 2.45) is 11.0 Å². The summed E-state index contributed by atoms with van der Waals surface area (Å²) < 4.78 is 25.2. The zero-order chi connectivity index (χ0) is 20.2. The van der Waals surface area contributed by atoms with Crippen LogP contribution in [0.4, 0.5) is 0 Å². The molecule has 2 rings (SSSR count). The molecule has 0 bridgehead atoms. The Kier molecular flexibility index (Phi) is 9.49. The Labute approximate surface area is 170 Å². The first kappa shape index (κ1) is 22.4. The summed E-state index contributed by atoms with van der Waals surface area (Å²) in [6.07, 6.45) is 12.6. The van der Waals surface area contributed by atoms with Crippen LogP contribution < -0.4 is 4.83 Å². The number of aryl methyl sites for hydroxylation is 1. The van der Waals surface area contributed by atoms with Crippen LogP contribution in [0.1, 0.15) is 82.6 Å². The summed E-state index contributed by atoms with van der Waals surface area (Å²) in [6.45, 7) is 1.93. The van der Waals surface area contributed by atoms with E-state index in [1.54, 1.807) is 24.3 Å². The lowest BCUT2D eigenvalue weighted by Gasteiger charge is -2.19. The molecule has 0 saturated heterocycles. The highest BCUT2D eigenvalue weighted by Crippen LogP contribution is 2.23. The second kappa shape index (κ2) is 11.9. The Balaban J connectivity index is 2.16. The van der Waals surface area contributed by atoms with Gasteiger partial charge in [0.2, 0.25) is 0 Å². The smallest absolute Gasteiger partial charge is 0.200 e. The number of hydrogen-bond acceptors (Lipinski definition) is 4. The van der Waals surface area contributed by atoms with Gasteiger partial charge in [0.15, 0.2) is 0 Å². The number of sulfonamides is 1. The third kappa shape index (κ3) is 7.63. The molecular formula is C22H33N3O2S. The van der Waals surface area contributed by atoms with Gasteiger partial charge >= 0.3 is 0 Å². The lowest BCUT2D eigenvalue weighted by atomic mass is 9.88. The van der Waals surface area contributed by atoms with E-state index in [0.29, 0.717) is 6.42 Å². The SMILES string of the molecule is Cc1ccc(S(=O)(=O)N/N=C2\CCCCCCCCCC[C@@H]2CCC#N)cc1. The molecule has 1 aromatic rings. The zero-order valence-electron chi connectivity index (χ0n) is 17.0. The van der Waals surface area contributed by atoms with Gasteiger partial charge in [-0.3, -0.25) is 0 Å². The van der Waals surface area contributed by atoms with Crippen LogP contribution in [-0.2, 0) is 10.0 Å². The van der Waals surface area contributed by atoms with Gasteiger partial charge in [0.25, 0.3) is 10.0 Å². The third-order valence-corrected chi connectivity index (χ3v) is 6.68. The lowest BCUT2D eigenvalue weighted by Crippen LogP contribution is -2.24. The molecule has 1 fully saturated rings. The summed E-state index contributed by atoms with van der Waals surface area (Å²) in [4.78, 5) is 2.69. The molecule has 0 spiro atoms. The maximum atomic E-state index is 12.6. The van der Waals surface area contributed by atoms with E-state index in [1.165, 1.54) is 32.1 Å². The van der Waals surface area contributed by atoms with Gasteiger partial charge in [0.1, 0.15) is 0 Å². The maximum Gasteiger partial charge on any atom is 0.276 e. The Morgan fingerprint density at radius 2 is 1.64 bits per heavy atom. The topological polar surface area (TPSA) is 82.3 Å². The summed E-state index contributed by atoms with van der Waals surface area (Å²) in [5.41, 5.74) is 1.92. The largest absolute Gasteiger partial charge is 0.276 e. The first-order valence-electron chi connectivity index (χ1n) is 10.5. The summed E-state index contributed by atoms with van der Waals surface area (Å²) in [6, 6.07) is 9.01. The van der Waals surface area contributed by atoms with Gasteiger partial charge < -0.3 is 0 Å². The van der Waals surface area contributed by atoms with Gasteiger partial charge in [-0.1, -0.05) is 62.6 Å². The van der Waals surface area contributed by atoms with E-state index < -0.39 is 10.0 Å². The van der Waals surface area contributed by atoms with Crippen molar-refractivity contribution in [2.75, 3.05) is 0 Å². The van der Waals surface area contributed by atoms with Crippen LogP contribution in [0, 0.1) is 24.2 Å². The van der Waals surface area contributed by atoms with Crippen LogP contribution in [0.3, 0.4) is 0 Å². The molecular weight excluding hydrogens is 370 g/mol. The molecule has 0 heterocycles. The average molecular weight is 404 g/mol. The quantitative estimate of drug-likeness (QED) is 0.662. The molecule has 0 aliphatic heterocycles. The van der Waals surface area contributed by atoms with E-state index in [-0.39, 0.29) is 10.8 Å². The highest BCUT2D eigenvalue weighted by Gasteiger charge is 2.19. The minimum Gasteiger partial charge on any atom is -0.200 e. The summed E-state index contributed by atoms with van der Waals surface area (Å²) in [5, 5.41) is 13.4. The number of nitriles is 1. The first-order chi connectivity index (χ1) is 13.5. The van der Waals surface area contributed by atoms with Crippen LogP contribution in [0.15, 0.2) is 34.3 Å². The van der Waals surface area contributed by atoms with Crippen molar-refractivity contribution in [3.63, 3.8) is 0 Å². The van der Waals surface area contributed by atoms with Crippen LogP contribution in [-0.4, -0.2) is 14.1 Å². The average Bonchev–Trinajstić information content (AvgIpc) is 2.67. The van der Waals surface area contributed by atoms with Crippen molar-refractivity contribution >= 4 is 15.7 Å².